The average Bonchev–Trinajstić information content (AvgIpc) is 2.34. The maximum absolute atomic E-state index is 10.9. The fourth-order valence-corrected chi connectivity index (χ4v) is 2.70. The number of nitrogens with one attached hydrogen (secondary N) is 1. The van der Waals surface area contributed by atoms with Crippen molar-refractivity contribution in [2.75, 3.05) is 13.2 Å². The number of aliphatic carboxylic acids is 1. The Labute approximate surface area is 115 Å². The first-order chi connectivity index (χ1) is 8.86. The lowest BCUT2D eigenvalue weighted by atomic mass is 9.78. The quantitative estimate of drug-likeness (QED) is 0.555. The van der Waals surface area contributed by atoms with Crippen LogP contribution < -0.4 is 5.32 Å². The Morgan fingerprint density at radius 2 is 1.95 bits per heavy atom. The van der Waals surface area contributed by atoms with Crippen molar-refractivity contribution in [1.82, 2.24) is 5.32 Å². The molecule has 0 spiro atoms. The minimum atomic E-state index is -0.823. The molecule has 0 bridgehead atoms. The predicted molar refractivity (Wildman–Crippen MR) is 72.9 cm³/mol. The summed E-state index contributed by atoms with van der Waals surface area (Å²) in [6, 6.07) is 0.00113. The van der Waals surface area contributed by atoms with E-state index in [-0.39, 0.29) is 18.6 Å². The molecule has 5 nitrogen and oxygen atoms in total. The summed E-state index contributed by atoms with van der Waals surface area (Å²) in [7, 11) is 0. The number of hydrogen-bond donors (Lipinski definition) is 4. The Morgan fingerprint density at radius 1 is 1.37 bits per heavy atom. The first-order valence-electron chi connectivity index (χ1n) is 7.16. The molecule has 0 aromatic carbocycles. The molecular formula is C14H27NO4. The van der Waals surface area contributed by atoms with Gasteiger partial charge in [0.25, 0.3) is 0 Å². The molecule has 0 heterocycles. The van der Waals surface area contributed by atoms with Gasteiger partial charge in [0.15, 0.2) is 0 Å². The van der Waals surface area contributed by atoms with Crippen molar-refractivity contribution in [3.8, 4) is 0 Å². The van der Waals surface area contributed by atoms with E-state index in [4.69, 9.17) is 5.11 Å². The SMILES string of the molecule is CC(C)CC(CO)NCC1(O)CCC(C(=O)O)CC1. The van der Waals surface area contributed by atoms with Crippen molar-refractivity contribution in [3.05, 3.63) is 0 Å². The Bertz CT molecular complexity index is 285. The molecule has 1 unspecified atom stereocenters. The second-order valence-corrected chi connectivity index (χ2v) is 6.23. The average molecular weight is 273 g/mol. The van der Waals surface area contributed by atoms with E-state index >= 15 is 0 Å². The van der Waals surface area contributed by atoms with Gasteiger partial charge in [-0.15, -0.1) is 0 Å². The highest BCUT2D eigenvalue weighted by Crippen LogP contribution is 2.32. The van der Waals surface area contributed by atoms with E-state index < -0.39 is 11.6 Å². The zero-order chi connectivity index (χ0) is 14.5. The highest BCUT2D eigenvalue weighted by molar-refractivity contribution is 5.70. The van der Waals surface area contributed by atoms with Crippen LogP contribution in [0.3, 0.4) is 0 Å². The zero-order valence-electron chi connectivity index (χ0n) is 11.9. The summed E-state index contributed by atoms with van der Waals surface area (Å²) < 4.78 is 0. The highest BCUT2D eigenvalue weighted by Gasteiger charge is 2.35. The molecule has 1 aliphatic carbocycles. The molecule has 0 aromatic rings. The van der Waals surface area contributed by atoms with E-state index in [2.05, 4.69) is 19.2 Å². The number of hydrogen-bond acceptors (Lipinski definition) is 4. The van der Waals surface area contributed by atoms with E-state index in [1.54, 1.807) is 0 Å². The number of aliphatic hydroxyl groups is 2. The summed E-state index contributed by atoms with van der Waals surface area (Å²) in [5, 5.41) is 31.8. The maximum atomic E-state index is 10.9. The van der Waals surface area contributed by atoms with Gasteiger partial charge in [-0.05, 0) is 38.0 Å². The van der Waals surface area contributed by atoms with Crippen molar-refractivity contribution >= 4 is 5.97 Å². The normalized spacial score (nSPS) is 29.4. The molecule has 0 saturated heterocycles. The molecule has 1 aliphatic rings. The van der Waals surface area contributed by atoms with Crippen LogP contribution in [0.25, 0.3) is 0 Å². The Morgan fingerprint density at radius 3 is 2.37 bits per heavy atom. The number of carboxylic acids is 1. The number of aliphatic hydroxyl groups excluding tert-OH is 1. The standard InChI is InChI=1S/C14H27NO4/c1-10(2)7-12(8-16)15-9-14(19)5-3-11(4-6-14)13(17)18/h10-12,15-16,19H,3-9H2,1-2H3,(H,17,18). The lowest BCUT2D eigenvalue weighted by molar-refractivity contribution is -0.144. The van der Waals surface area contributed by atoms with Gasteiger partial charge in [-0.3, -0.25) is 4.79 Å². The van der Waals surface area contributed by atoms with Crippen LogP contribution >= 0.6 is 0 Å². The van der Waals surface area contributed by atoms with Crippen LogP contribution in [0.4, 0.5) is 0 Å². The van der Waals surface area contributed by atoms with E-state index in [9.17, 15) is 15.0 Å². The van der Waals surface area contributed by atoms with E-state index in [0.29, 0.717) is 38.1 Å². The van der Waals surface area contributed by atoms with E-state index in [1.807, 2.05) is 0 Å². The largest absolute Gasteiger partial charge is 0.481 e. The van der Waals surface area contributed by atoms with Gasteiger partial charge >= 0.3 is 5.97 Å². The molecule has 5 heteroatoms. The Balaban J connectivity index is 2.38. The van der Waals surface area contributed by atoms with Crippen LogP contribution in [-0.2, 0) is 4.79 Å². The van der Waals surface area contributed by atoms with Gasteiger partial charge in [0, 0.05) is 12.6 Å². The molecule has 1 rings (SSSR count). The van der Waals surface area contributed by atoms with Gasteiger partial charge in [-0.1, -0.05) is 13.8 Å². The third kappa shape index (κ3) is 5.47. The second-order valence-electron chi connectivity index (χ2n) is 6.23. The first kappa shape index (κ1) is 16.4. The third-order valence-electron chi connectivity index (χ3n) is 3.96. The van der Waals surface area contributed by atoms with Gasteiger partial charge in [-0.25, -0.2) is 0 Å². The van der Waals surface area contributed by atoms with Gasteiger partial charge < -0.3 is 20.6 Å². The molecule has 1 atom stereocenters. The molecule has 0 amide bonds. The van der Waals surface area contributed by atoms with Gasteiger partial charge in [-0.2, -0.15) is 0 Å². The van der Waals surface area contributed by atoms with Crippen LogP contribution in [-0.4, -0.2) is 46.1 Å². The van der Waals surface area contributed by atoms with Gasteiger partial charge in [0.2, 0.25) is 0 Å². The van der Waals surface area contributed by atoms with Crippen molar-refractivity contribution in [3.63, 3.8) is 0 Å². The van der Waals surface area contributed by atoms with Crippen LogP contribution in [0.5, 0.6) is 0 Å². The molecule has 4 N–H and O–H groups in total. The summed E-state index contributed by atoms with van der Waals surface area (Å²) >= 11 is 0. The van der Waals surface area contributed by atoms with E-state index in [0.717, 1.165) is 6.42 Å². The molecule has 0 radical (unpaired) electrons. The minimum Gasteiger partial charge on any atom is -0.481 e. The van der Waals surface area contributed by atoms with Crippen molar-refractivity contribution in [1.29, 1.82) is 0 Å². The number of rotatable bonds is 7. The van der Waals surface area contributed by atoms with E-state index in [1.165, 1.54) is 0 Å². The van der Waals surface area contributed by atoms with Crippen molar-refractivity contribution in [2.45, 2.75) is 57.6 Å². The summed E-state index contributed by atoms with van der Waals surface area (Å²) in [5.74, 6) is -0.588. The molecule has 0 aliphatic heterocycles. The molecule has 1 saturated carbocycles. The van der Waals surface area contributed by atoms with Crippen molar-refractivity contribution in [2.24, 2.45) is 11.8 Å². The Kier molecular flexibility index (Phi) is 6.23. The van der Waals surface area contributed by atoms with Crippen LogP contribution in [0.2, 0.25) is 0 Å². The monoisotopic (exact) mass is 273 g/mol. The maximum Gasteiger partial charge on any atom is 0.306 e. The second kappa shape index (κ2) is 7.22. The fourth-order valence-electron chi connectivity index (χ4n) is 2.70. The minimum absolute atomic E-state index is 0.00113. The lowest BCUT2D eigenvalue weighted by Gasteiger charge is -2.36. The molecule has 19 heavy (non-hydrogen) atoms. The Hall–Kier alpha value is -0.650. The smallest absolute Gasteiger partial charge is 0.306 e. The third-order valence-corrected chi connectivity index (χ3v) is 3.96. The number of carboxylic acid groups (broad SMARTS) is 1. The molecular weight excluding hydrogens is 246 g/mol. The first-order valence-corrected chi connectivity index (χ1v) is 7.16. The topological polar surface area (TPSA) is 89.8 Å². The van der Waals surface area contributed by atoms with Gasteiger partial charge in [0.05, 0.1) is 18.1 Å². The summed E-state index contributed by atoms with van der Waals surface area (Å²) in [5.41, 5.74) is -0.823. The zero-order valence-corrected chi connectivity index (χ0v) is 11.9. The van der Waals surface area contributed by atoms with Crippen LogP contribution in [0.15, 0.2) is 0 Å². The molecule has 0 aromatic heterocycles. The lowest BCUT2D eigenvalue weighted by Crippen LogP contribution is -2.48. The fraction of sp³-hybridized carbons (Fsp3) is 0.929. The molecule has 112 valence electrons. The van der Waals surface area contributed by atoms with Gasteiger partial charge in [0.1, 0.15) is 0 Å². The summed E-state index contributed by atoms with van der Waals surface area (Å²) in [6.07, 6.45) is 2.95. The van der Waals surface area contributed by atoms with Crippen LogP contribution in [0, 0.1) is 11.8 Å². The molecule has 1 fully saturated rings. The summed E-state index contributed by atoms with van der Waals surface area (Å²) in [4.78, 5) is 10.9. The highest BCUT2D eigenvalue weighted by atomic mass is 16.4. The number of carbonyl (C=O) groups is 1. The van der Waals surface area contributed by atoms with Crippen LogP contribution in [0.1, 0.15) is 46.0 Å². The van der Waals surface area contributed by atoms with Crippen molar-refractivity contribution < 1.29 is 20.1 Å². The summed E-state index contributed by atoms with van der Waals surface area (Å²) in [6.45, 7) is 4.68. The predicted octanol–water partition coefficient (Wildman–Crippen LogP) is 0.989.